The highest BCUT2D eigenvalue weighted by Crippen LogP contribution is 2.37. The van der Waals surface area contributed by atoms with E-state index in [-0.39, 0.29) is 24.3 Å². The van der Waals surface area contributed by atoms with Gasteiger partial charge in [0.05, 0.1) is 27.7 Å². The summed E-state index contributed by atoms with van der Waals surface area (Å²) in [5.41, 5.74) is -2.57. The second-order valence-electron chi connectivity index (χ2n) is 8.40. The van der Waals surface area contributed by atoms with Crippen molar-refractivity contribution in [3.8, 4) is 0 Å². The van der Waals surface area contributed by atoms with Gasteiger partial charge >= 0.3 is 18.0 Å². The molecule has 12 heteroatoms. The van der Waals surface area contributed by atoms with Gasteiger partial charge in [-0.3, -0.25) is 9.36 Å². The number of halogens is 6. The molecular formula is C23H22F6N4O2. The molecule has 0 aliphatic carbocycles. The van der Waals surface area contributed by atoms with E-state index in [9.17, 15) is 35.9 Å². The minimum Gasteiger partial charge on any atom is -0.351 e. The predicted molar refractivity (Wildman–Crippen MR) is 116 cm³/mol. The van der Waals surface area contributed by atoms with Crippen LogP contribution in [0.5, 0.6) is 0 Å². The molecule has 1 amide bonds. The Kier molecular flexibility index (Phi) is 6.67. The molecule has 0 radical (unpaired) electrons. The smallest absolute Gasteiger partial charge is 0.351 e. The Bertz CT molecular complexity index is 1270. The molecule has 0 saturated carbocycles. The molecule has 1 aromatic heterocycles. The van der Waals surface area contributed by atoms with Crippen LogP contribution in [0.4, 0.5) is 26.3 Å². The Morgan fingerprint density at radius 3 is 2.34 bits per heavy atom. The number of aromatic amines is 1. The Morgan fingerprint density at radius 2 is 1.69 bits per heavy atom. The number of likely N-dealkylation sites (tertiary alicyclic amines) is 1. The number of amides is 1. The van der Waals surface area contributed by atoms with Gasteiger partial charge in [0.25, 0.3) is 5.91 Å². The summed E-state index contributed by atoms with van der Waals surface area (Å²) in [5.74, 6) is -1.09. The first-order chi connectivity index (χ1) is 16.4. The normalized spacial score (nSPS) is 16.1. The number of rotatable bonds is 5. The van der Waals surface area contributed by atoms with Crippen molar-refractivity contribution in [3.05, 3.63) is 69.6 Å². The first-order valence-corrected chi connectivity index (χ1v) is 10.9. The van der Waals surface area contributed by atoms with E-state index in [2.05, 4.69) is 10.3 Å². The Hall–Kier alpha value is -3.28. The van der Waals surface area contributed by atoms with E-state index >= 15 is 0 Å². The van der Waals surface area contributed by atoms with Gasteiger partial charge in [0.2, 0.25) is 0 Å². The summed E-state index contributed by atoms with van der Waals surface area (Å²) in [6, 6.07) is 8.33. The molecule has 6 nitrogen and oxygen atoms in total. The number of imidazole rings is 1. The van der Waals surface area contributed by atoms with Crippen molar-refractivity contribution in [2.45, 2.75) is 31.2 Å². The molecule has 188 valence electrons. The summed E-state index contributed by atoms with van der Waals surface area (Å²) in [4.78, 5) is 29.5. The Balaban J connectivity index is 1.34. The molecule has 1 fully saturated rings. The Morgan fingerprint density at radius 1 is 1.00 bits per heavy atom. The standard InChI is InChI=1S/C23H22F6N4O2/c24-22(25,26)14-5-6-16(17(13-14)23(27,28)29)20(34)30-9-12-32-10-7-15(8-11-32)33-19-4-2-1-3-18(19)31-21(33)35/h1-6,13,15H,7-12H2,(H,30,34)(H,31,35). The second-order valence-corrected chi connectivity index (χ2v) is 8.40. The fourth-order valence-electron chi connectivity index (χ4n) is 4.41. The number of para-hydroxylation sites is 2. The molecule has 0 bridgehead atoms. The molecule has 1 aliphatic rings. The number of benzene rings is 2. The molecule has 2 heterocycles. The maximum atomic E-state index is 13.3. The summed E-state index contributed by atoms with van der Waals surface area (Å²) >= 11 is 0. The maximum absolute atomic E-state index is 13.3. The molecule has 3 aromatic rings. The number of carbonyl (C=O) groups is 1. The van der Waals surface area contributed by atoms with Crippen LogP contribution >= 0.6 is 0 Å². The maximum Gasteiger partial charge on any atom is 0.417 e. The van der Waals surface area contributed by atoms with E-state index in [1.807, 2.05) is 29.2 Å². The summed E-state index contributed by atoms with van der Waals surface area (Å²) in [6.45, 7) is 1.60. The molecule has 35 heavy (non-hydrogen) atoms. The van der Waals surface area contributed by atoms with E-state index in [1.165, 1.54) is 0 Å². The van der Waals surface area contributed by atoms with Crippen molar-refractivity contribution in [1.29, 1.82) is 0 Å². The first-order valence-electron chi connectivity index (χ1n) is 10.9. The van der Waals surface area contributed by atoms with Crippen LogP contribution in [-0.4, -0.2) is 46.5 Å². The lowest BCUT2D eigenvalue weighted by Crippen LogP contribution is -2.41. The quantitative estimate of drug-likeness (QED) is 0.510. The molecule has 0 spiro atoms. The number of carbonyl (C=O) groups excluding carboxylic acids is 1. The van der Waals surface area contributed by atoms with Crippen LogP contribution in [0, 0.1) is 0 Å². The van der Waals surface area contributed by atoms with Crippen LogP contribution in [0.3, 0.4) is 0 Å². The van der Waals surface area contributed by atoms with Gasteiger partial charge in [-0.2, -0.15) is 26.3 Å². The van der Waals surface area contributed by atoms with Crippen LogP contribution in [0.1, 0.15) is 40.4 Å². The minimum absolute atomic E-state index is 0.00835. The number of piperidine rings is 1. The number of nitrogens with one attached hydrogen (secondary N) is 2. The van der Waals surface area contributed by atoms with Crippen molar-refractivity contribution >= 4 is 16.9 Å². The third-order valence-corrected chi connectivity index (χ3v) is 6.16. The number of aromatic nitrogens is 2. The van der Waals surface area contributed by atoms with Gasteiger partial charge in [-0.25, -0.2) is 4.79 Å². The average molecular weight is 500 g/mol. The summed E-state index contributed by atoms with van der Waals surface area (Å²) in [7, 11) is 0. The minimum atomic E-state index is -5.11. The van der Waals surface area contributed by atoms with Gasteiger partial charge in [0.1, 0.15) is 0 Å². The monoisotopic (exact) mass is 500 g/mol. The van der Waals surface area contributed by atoms with Gasteiger partial charge in [0.15, 0.2) is 0 Å². The highest BCUT2D eigenvalue weighted by Gasteiger charge is 2.39. The number of hydrogen-bond donors (Lipinski definition) is 2. The summed E-state index contributed by atoms with van der Waals surface area (Å²) in [6.07, 6.45) is -8.73. The average Bonchev–Trinajstić information content (AvgIpc) is 3.13. The van der Waals surface area contributed by atoms with Crippen molar-refractivity contribution in [1.82, 2.24) is 19.8 Å². The third-order valence-electron chi connectivity index (χ3n) is 6.16. The summed E-state index contributed by atoms with van der Waals surface area (Å²) in [5, 5.41) is 2.37. The van der Waals surface area contributed by atoms with E-state index in [4.69, 9.17) is 0 Å². The van der Waals surface area contributed by atoms with Crippen molar-refractivity contribution in [2.24, 2.45) is 0 Å². The van der Waals surface area contributed by atoms with Crippen molar-refractivity contribution < 1.29 is 31.1 Å². The zero-order valence-electron chi connectivity index (χ0n) is 18.3. The topological polar surface area (TPSA) is 70.1 Å². The Labute approximate surface area is 195 Å². The fourth-order valence-corrected chi connectivity index (χ4v) is 4.41. The molecule has 1 saturated heterocycles. The molecular weight excluding hydrogens is 478 g/mol. The molecule has 2 aromatic carbocycles. The number of H-pyrrole nitrogens is 1. The fraction of sp³-hybridized carbons (Fsp3) is 0.391. The van der Waals surface area contributed by atoms with Crippen molar-refractivity contribution in [3.63, 3.8) is 0 Å². The highest BCUT2D eigenvalue weighted by atomic mass is 19.4. The van der Waals surface area contributed by atoms with Crippen LogP contribution in [0.2, 0.25) is 0 Å². The lowest BCUT2D eigenvalue weighted by Gasteiger charge is -2.32. The molecule has 2 N–H and O–H groups in total. The SMILES string of the molecule is O=C(NCCN1CCC(n2c(=O)[nH]c3ccccc32)CC1)c1ccc(C(F)(F)F)cc1C(F)(F)F. The van der Waals surface area contributed by atoms with Crippen LogP contribution in [0.15, 0.2) is 47.3 Å². The predicted octanol–water partition coefficient (Wildman–Crippen LogP) is 4.43. The first kappa shape index (κ1) is 24.8. The van der Waals surface area contributed by atoms with Crippen LogP contribution in [0.25, 0.3) is 11.0 Å². The van der Waals surface area contributed by atoms with E-state index in [1.54, 1.807) is 4.57 Å². The molecule has 0 unspecified atom stereocenters. The number of alkyl halides is 6. The highest BCUT2D eigenvalue weighted by molar-refractivity contribution is 5.96. The van der Waals surface area contributed by atoms with E-state index in [0.29, 0.717) is 44.6 Å². The molecule has 4 rings (SSSR count). The largest absolute Gasteiger partial charge is 0.417 e. The molecule has 1 aliphatic heterocycles. The van der Waals surface area contributed by atoms with Gasteiger partial charge in [-0.1, -0.05) is 12.1 Å². The van der Waals surface area contributed by atoms with Gasteiger partial charge in [0, 0.05) is 32.2 Å². The van der Waals surface area contributed by atoms with E-state index in [0.717, 1.165) is 11.0 Å². The summed E-state index contributed by atoms with van der Waals surface area (Å²) < 4.78 is 80.1. The second kappa shape index (κ2) is 9.40. The van der Waals surface area contributed by atoms with Gasteiger partial charge in [-0.05, 0) is 43.2 Å². The lowest BCUT2D eigenvalue weighted by atomic mass is 10.0. The van der Waals surface area contributed by atoms with Crippen LogP contribution < -0.4 is 11.0 Å². The number of fused-ring (bicyclic) bond motifs is 1. The molecule has 0 atom stereocenters. The lowest BCUT2D eigenvalue weighted by molar-refractivity contribution is -0.143. The number of hydrogen-bond acceptors (Lipinski definition) is 3. The van der Waals surface area contributed by atoms with Crippen LogP contribution in [-0.2, 0) is 12.4 Å². The third kappa shape index (κ3) is 5.37. The zero-order valence-corrected chi connectivity index (χ0v) is 18.3. The van der Waals surface area contributed by atoms with Gasteiger partial charge in [-0.15, -0.1) is 0 Å². The van der Waals surface area contributed by atoms with Crippen molar-refractivity contribution in [2.75, 3.05) is 26.2 Å². The zero-order chi connectivity index (χ0) is 25.4. The van der Waals surface area contributed by atoms with E-state index < -0.39 is 35.0 Å². The number of nitrogens with zero attached hydrogens (tertiary/aromatic N) is 2. The van der Waals surface area contributed by atoms with Gasteiger partial charge < -0.3 is 15.2 Å².